The summed E-state index contributed by atoms with van der Waals surface area (Å²) < 4.78 is 0. The van der Waals surface area contributed by atoms with E-state index in [0.717, 1.165) is 11.3 Å². The van der Waals surface area contributed by atoms with Crippen LogP contribution in [0, 0.1) is 24.0 Å². The Morgan fingerprint density at radius 3 is 2.75 bits per heavy atom. The molecule has 0 aliphatic rings. The Kier molecular flexibility index (Phi) is 3.79. The first-order chi connectivity index (χ1) is 9.49. The van der Waals surface area contributed by atoms with E-state index in [1.54, 1.807) is 13.1 Å². The summed E-state index contributed by atoms with van der Waals surface area (Å²) in [6, 6.07) is 4.17. The lowest BCUT2D eigenvalue weighted by Crippen LogP contribution is -2.23. The van der Waals surface area contributed by atoms with Crippen molar-refractivity contribution < 1.29 is 9.72 Å². The summed E-state index contributed by atoms with van der Waals surface area (Å²) in [4.78, 5) is 22.2. The molecule has 0 radical (unpaired) electrons. The van der Waals surface area contributed by atoms with Gasteiger partial charge in [-0.05, 0) is 25.5 Å². The van der Waals surface area contributed by atoms with Crippen molar-refractivity contribution in [3.8, 4) is 0 Å². The number of hydrogen-bond donors (Lipinski definition) is 2. The molecular formula is C13H14N4O3. The summed E-state index contributed by atoms with van der Waals surface area (Å²) in [6.45, 7) is 3.90. The van der Waals surface area contributed by atoms with E-state index in [-0.39, 0.29) is 11.6 Å². The van der Waals surface area contributed by atoms with Gasteiger partial charge < -0.3 is 5.32 Å². The van der Waals surface area contributed by atoms with E-state index in [0.29, 0.717) is 17.7 Å². The molecule has 1 aromatic carbocycles. The Balaban J connectivity index is 2.10. The molecule has 0 saturated heterocycles. The molecule has 104 valence electrons. The second kappa shape index (κ2) is 5.52. The van der Waals surface area contributed by atoms with E-state index in [2.05, 4.69) is 15.5 Å². The third kappa shape index (κ3) is 2.82. The number of aromatic amines is 1. The van der Waals surface area contributed by atoms with Crippen LogP contribution in [0.25, 0.3) is 0 Å². The van der Waals surface area contributed by atoms with Gasteiger partial charge in [0.25, 0.3) is 11.6 Å². The highest BCUT2D eigenvalue weighted by molar-refractivity contribution is 5.95. The standard InChI is InChI=1S/C13H14N4O3/c1-8-5-11(17(19)20)3-4-12(8)13(18)14-6-10-7-15-16-9(10)2/h3-5,7H,6H2,1-2H3,(H,14,18)(H,15,16). The van der Waals surface area contributed by atoms with Gasteiger partial charge >= 0.3 is 0 Å². The molecule has 0 bridgehead atoms. The number of H-pyrrole nitrogens is 1. The van der Waals surface area contributed by atoms with Gasteiger partial charge in [0, 0.05) is 35.5 Å². The summed E-state index contributed by atoms with van der Waals surface area (Å²) in [5, 5.41) is 20.1. The molecule has 2 rings (SSSR count). The maximum atomic E-state index is 12.0. The summed E-state index contributed by atoms with van der Waals surface area (Å²) in [6.07, 6.45) is 1.65. The number of nitrogens with zero attached hydrogens (tertiary/aromatic N) is 2. The van der Waals surface area contributed by atoms with Crippen LogP contribution in [0.2, 0.25) is 0 Å². The van der Waals surface area contributed by atoms with Crippen LogP contribution in [0.1, 0.15) is 27.2 Å². The van der Waals surface area contributed by atoms with Crippen LogP contribution in [0.15, 0.2) is 24.4 Å². The number of carbonyl (C=O) groups is 1. The Bertz CT molecular complexity index is 663. The van der Waals surface area contributed by atoms with E-state index >= 15 is 0 Å². The van der Waals surface area contributed by atoms with Gasteiger partial charge in [0.1, 0.15) is 0 Å². The second-order valence-electron chi connectivity index (χ2n) is 4.46. The van der Waals surface area contributed by atoms with Gasteiger partial charge in [-0.2, -0.15) is 5.10 Å². The molecule has 0 atom stereocenters. The van der Waals surface area contributed by atoms with Crippen LogP contribution in [-0.2, 0) is 6.54 Å². The first-order valence-corrected chi connectivity index (χ1v) is 6.01. The molecule has 7 nitrogen and oxygen atoms in total. The number of amides is 1. The molecule has 0 aliphatic heterocycles. The number of benzene rings is 1. The number of carbonyl (C=O) groups excluding carboxylic acids is 1. The zero-order chi connectivity index (χ0) is 14.7. The lowest BCUT2D eigenvalue weighted by Gasteiger charge is -2.07. The predicted octanol–water partition coefficient (Wildman–Crippen LogP) is 1.86. The number of nitro benzene ring substituents is 1. The second-order valence-corrected chi connectivity index (χ2v) is 4.46. The van der Waals surface area contributed by atoms with Crippen LogP contribution in [0.5, 0.6) is 0 Å². The van der Waals surface area contributed by atoms with E-state index in [4.69, 9.17) is 0 Å². The van der Waals surface area contributed by atoms with Gasteiger partial charge in [-0.3, -0.25) is 20.0 Å². The van der Waals surface area contributed by atoms with Gasteiger partial charge in [0.15, 0.2) is 0 Å². The fraction of sp³-hybridized carbons (Fsp3) is 0.231. The van der Waals surface area contributed by atoms with Gasteiger partial charge in [0.2, 0.25) is 0 Å². The minimum Gasteiger partial charge on any atom is -0.348 e. The zero-order valence-corrected chi connectivity index (χ0v) is 11.1. The normalized spacial score (nSPS) is 10.3. The number of non-ortho nitro benzene ring substituents is 1. The smallest absolute Gasteiger partial charge is 0.269 e. The Hall–Kier alpha value is -2.70. The molecule has 0 fully saturated rings. The SMILES string of the molecule is Cc1cc([N+](=O)[O-])ccc1C(=O)NCc1cn[nH]c1C. The van der Waals surface area contributed by atoms with Crippen molar-refractivity contribution in [2.24, 2.45) is 0 Å². The van der Waals surface area contributed by atoms with Gasteiger partial charge in [-0.1, -0.05) is 0 Å². The van der Waals surface area contributed by atoms with Crippen LogP contribution < -0.4 is 5.32 Å². The number of aromatic nitrogens is 2. The number of rotatable bonds is 4. The Labute approximate surface area is 115 Å². The topological polar surface area (TPSA) is 101 Å². The highest BCUT2D eigenvalue weighted by atomic mass is 16.6. The molecule has 0 unspecified atom stereocenters. The van der Waals surface area contributed by atoms with Crippen LogP contribution >= 0.6 is 0 Å². The van der Waals surface area contributed by atoms with Crippen LogP contribution in [0.3, 0.4) is 0 Å². The molecule has 1 aromatic heterocycles. The molecular weight excluding hydrogens is 260 g/mol. The molecule has 20 heavy (non-hydrogen) atoms. The van der Waals surface area contributed by atoms with Crippen molar-refractivity contribution in [2.45, 2.75) is 20.4 Å². The largest absolute Gasteiger partial charge is 0.348 e. The fourth-order valence-corrected chi connectivity index (χ4v) is 1.84. The average molecular weight is 274 g/mol. The lowest BCUT2D eigenvalue weighted by molar-refractivity contribution is -0.384. The van der Waals surface area contributed by atoms with Crippen molar-refractivity contribution in [3.05, 3.63) is 56.9 Å². The Morgan fingerprint density at radius 1 is 1.45 bits per heavy atom. The number of nitro groups is 1. The monoisotopic (exact) mass is 274 g/mol. The highest BCUT2D eigenvalue weighted by Gasteiger charge is 2.13. The lowest BCUT2D eigenvalue weighted by atomic mass is 10.1. The molecule has 0 aliphatic carbocycles. The van der Waals surface area contributed by atoms with Crippen molar-refractivity contribution in [3.63, 3.8) is 0 Å². The maximum Gasteiger partial charge on any atom is 0.269 e. The molecule has 0 spiro atoms. The molecule has 0 saturated carbocycles. The fourth-order valence-electron chi connectivity index (χ4n) is 1.84. The van der Waals surface area contributed by atoms with Gasteiger partial charge in [-0.25, -0.2) is 0 Å². The quantitative estimate of drug-likeness (QED) is 0.656. The van der Waals surface area contributed by atoms with Crippen molar-refractivity contribution in [1.82, 2.24) is 15.5 Å². The summed E-state index contributed by atoms with van der Waals surface area (Å²) in [5.74, 6) is -0.266. The third-order valence-electron chi connectivity index (χ3n) is 3.04. The van der Waals surface area contributed by atoms with E-state index in [1.807, 2.05) is 6.92 Å². The minimum atomic E-state index is -0.483. The number of aryl methyl sites for hydroxylation is 2. The number of nitrogens with one attached hydrogen (secondary N) is 2. The highest BCUT2D eigenvalue weighted by Crippen LogP contribution is 2.17. The third-order valence-corrected chi connectivity index (χ3v) is 3.04. The molecule has 1 heterocycles. The summed E-state index contributed by atoms with van der Waals surface area (Å²) in [5.41, 5.74) is 2.77. The summed E-state index contributed by atoms with van der Waals surface area (Å²) >= 11 is 0. The van der Waals surface area contributed by atoms with Gasteiger partial charge in [0.05, 0.1) is 11.1 Å². The Morgan fingerprint density at radius 2 is 2.20 bits per heavy atom. The number of hydrogen-bond acceptors (Lipinski definition) is 4. The molecule has 2 aromatic rings. The first kappa shape index (κ1) is 13.7. The van der Waals surface area contributed by atoms with E-state index in [1.165, 1.54) is 18.2 Å². The summed E-state index contributed by atoms with van der Waals surface area (Å²) in [7, 11) is 0. The van der Waals surface area contributed by atoms with Crippen molar-refractivity contribution >= 4 is 11.6 Å². The van der Waals surface area contributed by atoms with Crippen LogP contribution in [-0.4, -0.2) is 21.0 Å². The van der Waals surface area contributed by atoms with Crippen LogP contribution in [0.4, 0.5) is 5.69 Å². The average Bonchev–Trinajstić information content (AvgIpc) is 2.81. The van der Waals surface area contributed by atoms with Crippen molar-refractivity contribution in [2.75, 3.05) is 0 Å². The van der Waals surface area contributed by atoms with E-state index in [9.17, 15) is 14.9 Å². The molecule has 7 heteroatoms. The molecule has 1 amide bonds. The maximum absolute atomic E-state index is 12.0. The minimum absolute atomic E-state index is 0.0234. The van der Waals surface area contributed by atoms with Gasteiger partial charge in [-0.15, -0.1) is 0 Å². The van der Waals surface area contributed by atoms with Crippen molar-refractivity contribution in [1.29, 1.82) is 0 Å². The van der Waals surface area contributed by atoms with E-state index < -0.39 is 4.92 Å². The predicted molar refractivity (Wildman–Crippen MR) is 72.3 cm³/mol. The molecule has 2 N–H and O–H groups in total. The first-order valence-electron chi connectivity index (χ1n) is 6.01. The zero-order valence-electron chi connectivity index (χ0n) is 11.1.